The van der Waals surface area contributed by atoms with Gasteiger partial charge in [0.2, 0.25) is 5.43 Å². The summed E-state index contributed by atoms with van der Waals surface area (Å²) in [5, 5.41) is 0.144. The number of fused-ring (bicyclic) bond motifs is 1. The number of H-pyrrole nitrogens is 2. The fourth-order valence-electron chi connectivity index (χ4n) is 3.55. The van der Waals surface area contributed by atoms with Crippen LogP contribution in [0.3, 0.4) is 0 Å². The first kappa shape index (κ1) is 17.1. The number of carbonyl (C=O) groups excluding carboxylic acids is 1. The van der Waals surface area contributed by atoms with Crippen LogP contribution in [0.25, 0.3) is 10.9 Å². The molecule has 1 aliphatic rings. The van der Waals surface area contributed by atoms with Gasteiger partial charge in [-0.3, -0.25) is 14.4 Å². The Hall–Kier alpha value is -3.29. The monoisotopic (exact) mass is 368 g/mol. The largest absolute Gasteiger partial charge is 0.358 e. The standard InChI is InChI=1S/C19H17FN4O3/c20-14-5-1-4-12-17(14)21-8-13(18(12)26)19(27)24-6-2-3-11(9-24)15-7-16(25)23-10-22-15/h1,4-5,7-8,10-11H,2-3,6,9H2,(H,21,26)(H,22,23,25)/t11-/m1/s1. The molecule has 0 saturated carbocycles. The summed E-state index contributed by atoms with van der Waals surface area (Å²) in [5.41, 5.74) is -0.0391. The molecule has 1 fully saturated rings. The number of likely N-dealkylation sites (tertiary alicyclic amines) is 1. The Bertz CT molecular complexity index is 1140. The summed E-state index contributed by atoms with van der Waals surface area (Å²) in [7, 11) is 0. The van der Waals surface area contributed by atoms with Crippen LogP contribution in [0.4, 0.5) is 4.39 Å². The van der Waals surface area contributed by atoms with E-state index in [4.69, 9.17) is 0 Å². The quantitative estimate of drug-likeness (QED) is 0.720. The zero-order valence-corrected chi connectivity index (χ0v) is 14.4. The highest BCUT2D eigenvalue weighted by Gasteiger charge is 2.28. The summed E-state index contributed by atoms with van der Waals surface area (Å²) in [4.78, 5) is 48.1. The fourth-order valence-corrected chi connectivity index (χ4v) is 3.55. The number of amides is 1. The fraction of sp³-hybridized carbons (Fsp3) is 0.263. The molecule has 1 atom stereocenters. The van der Waals surface area contributed by atoms with E-state index in [1.54, 1.807) is 4.90 Å². The van der Waals surface area contributed by atoms with Gasteiger partial charge < -0.3 is 14.9 Å². The van der Waals surface area contributed by atoms with E-state index in [1.807, 2.05) is 0 Å². The topological polar surface area (TPSA) is 98.9 Å². The smallest absolute Gasteiger partial charge is 0.259 e. The van der Waals surface area contributed by atoms with E-state index in [9.17, 15) is 18.8 Å². The van der Waals surface area contributed by atoms with E-state index in [2.05, 4.69) is 15.0 Å². The number of para-hydroxylation sites is 1. The minimum Gasteiger partial charge on any atom is -0.358 e. The van der Waals surface area contributed by atoms with E-state index < -0.39 is 17.2 Å². The van der Waals surface area contributed by atoms with E-state index in [0.717, 1.165) is 12.8 Å². The van der Waals surface area contributed by atoms with Crippen molar-refractivity contribution in [3.05, 3.63) is 74.4 Å². The Morgan fingerprint density at radius 1 is 1.26 bits per heavy atom. The van der Waals surface area contributed by atoms with Gasteiger partial charge in [0.1, 0.15) is 11.4 Å². The number of benzene rings is 1. The molecule has 2 N–H and O–H groups in total. The Kier molecular flexibility index (Phi) is 4.31. The van der Waals surface area contributed by atoms with Crippen LogP contribution >= 0.6 is 0 Å². The predicted octanol–water partition coefficient (Wildman–Crippen LogP) is 1.77. The Morgan fingerprint density at radius 2 is 2.11 bits per heavy atom. The highest BCUT2D eigenvalue weighted by Crippen LogP contribution is 2.25. The van der Waals surface area contributed by atoms with Crippen molar-refractivity contribution >= 4 is 16.8 Å². The molecular weight excluding hydrogens is 351 g/mol. The summed E-state index contributed by atoms with van der Waals surface area (Å²) in [6.07, 6.45) is 4.16. The lowest BCUT2D eigenvalue weighted by Crippen LogP contribution is -2.41. The van der Waals surface area contributed by atoms with Crippen molar-refractivity contribution in [2.75, 3.05) is 13.1 Å². The molecule has 8 heteroatoms. The van der Waals surface area contributed by atoms with Gasteiger partial charge in [0.15, 0.2) is 0 Å². The van der Waals surface area contributed by atoms with E-state index in [0.29, 0.717) is 18.8 Å². The van der Waals surface area contributed by atoms with Crippen LogP contribution in [0.15, 0.2) is 46.4 Å². The lowest BCUT2D eigenvalue weighted by molar-refractivity contribution is 0.0704. The van der Waals surface area contributed by atoms with Crippen molar-refractivity contribution in [2.24, 2.45) is 0 Å². The Morgan fingerprint density at radius 3 is 2.93 bits per heavy atom. The molecule has 0 unspecified atom stereocenters. The average Bonchev–Trinajstić information content (AvgIpc) is 2.68. The average molecular weight is 368 g/mol. The molecule has 7 nitrogen and oxygen atoms in total. The number of pyridine rings is 1. The molecule has 0 radical (unpaired) electrons. The molecule has 0 bridgehead atoms. The maximum atomic E-state index is 13.8. The van der Waals surface area contributed by atoms with Crippen molar-refractivity contribution in [3.8, 4) is 0 Å². The lowest BCUT2D eigenvalue weighted by atomic mass is 9.94. The van der Waals surface area contributed by atoms with Crippen LogP contribution in [0.2, 0.25) is 0 Å². The summed E-state index contributed by atoms with van der Waals surface area (Å²) < 4.78 is 13.8. The van der Waals surface area contributed by atoms with Crippen LogP contribution in [-0.2, 0) is 0 Å². The third kappa shape index (κ3) is 3.14. The third-order valence-corrected chi connectivity index (χ3v) is 4.92. The summed E-state index contributed by atoms with van der Waals surface area (Å²) in [5.74, 6) is -1.01. The highest BCUT2D eigenvalue weighted by atomic mass is 19.1. The van der Waals surface area contributed by atoms with Crippen LogP contribution < -0.4 is 11.0 Å². The molecule has 27 heavy (non-hydrogen) atoms. The first-order valence-electron chi connectivity index (χ1n) is 8.68. The summed E-state index contributed by atoms with van der Waals surface area (Å²) in [6, 6.07) is 5.62. The number of hydrogen-bond donors (Lipinski definition) is 2. The molecule has 4 rings (SSSR count). The van der Waals surface area contributed by atoms with E-state index >= 15 is 0 Å². The van der Waals surface area contributed by atoms with Gasteiger partial charge in [0.05, 0.1) is 17.5 Å². The van der Waals surface area contributed by atoms with Crippen LogP contribution in [0.5, 0.6) is 0 Å². The van der Waals surface area contributed by atoms with Gasteiger partial charge >= 0.3 is 0 Å². The number of aromatic amines is 2. The molecule has 3 heterocycles. The molecule has 1 saturated heterocycles. The van der Waals surface area contributed by atoms with Gasteiger partial charge in [-0.1, -0.05) is 6.07 Å². The number of rotatable bonds is 2. The van der Waals surface area contributed by atoms with E-state index in [-0.39, 0.29) is 27.9 Å². The minimum absolute atomic E-state index is 0.0207. The van der Waals surface area contributed by atoms with Gasteiger partial charge in [0.25, 0.3) is 11.5 Å². The molecule has 1 amide bonds. The number of hydrogen-bond acceptors (Lipinski definition) is 4. The molecule has 0 spiro atoms. The molecule has 1 aliphatic heterocycles. The summed E-state index contributed by atoms with van der Waals surface area (Å²) in [6.45, 7) is 0.884. The van der Waals surface area contributed by atoms with Crippen LogP contribution in [0, 0.1) is 5.82 Å². The molecule has 2 aromatic heterocycles. The second-order valence-electron chi connectivity index (χ2n) is 6.62. The molecule has 0 aliphatic carbocycles. The zero-order valence-electron chi connectivity index (χ0n) is 14.4. The van der Waals surface area contributed by atoms with Crippen LogP contribution in [-0.4, -0.2) is 38.8 Å². The predicted molar refractivity (Wildman–Crippen MR) is 97.3 cm³/mol. The molecular formula is C19H17FN4O3. The third-order valence-electron chi connectivity index (χ3n) is 4.92. The maximum absolute atomic E-state index is 13.8. The van der Waals surface area contributed by atoms with Gasteiger partial charge in [-0.2, -0.15) is 0 Å². The van der Waals surface area contributed by atoms with Gasteiger partial charge in [-0.25, -0.2) is 9.37 Å². The second kappa shape index (κ2) is 6.79. The van der Waals surface area contributed by atoms with Crippen molar-refractivity contribution in [3.63, 3.8) is 0 Å². The number of piperidine rings is 1. The SMILES string of the molecule is O=C(c1c[nH]c2c(F)cccc2c1=O)N1CCC[C@@H](c2cc(=O)[nH]cn2)C1. The van der Waals surface area contributed by atoms with Gasteiger partial charge in [0, 0.05) is 36.7 Å². The highest BCUT2D eigenvalue weighted by molar-refractivity contribution is 5.97. The number of nitrogens with zero attached hydrogens (tertiary/aromatic N) is 2. The van der Waals surface area contributed by atoms with Crippen molar-refractivity contribution in [1.82, 2.24) is 19.9 Å². The van der Waals surface area contributed by atoms with Gasteiger partial charge in [-0.05, 0) is 25.0 Å². The number of carbonyl (C=O) groups is 1. The van der Waals surface area contributed by atoms with Crippen molar-refractivity contribution in [1.29, 1.82) is 0 Å². The molecule has 1 aromatic carbocycles. The second-order valence-corrected chi connectivity index (χ2v) is 6.62. The summed E-state index contributed by atoms with van der Waals surface area (Å²) >= 11 is 0. The lowest BCUT2D eigenvalue weighted by Gasteiger charge is -2.32. The normalized spacial score (nSPS) is 17.2. The van der Waals surface area contributed by atoms with Crippen molar-refractivity contribution < 1.29 is 9.18 Å². The number of nitrogens with one attached hydrogen (secondary N) is 2. The maximum Gasteiger partial charge on any atom is 0.259 e. The van der Waals surface area contributed by atoms with Crippen molar-refractivity contribution in [2.45, 2.75) is 18.8 Å². The molecule has 3 aromatic rings. The Balaban J connectivity index is 1.65. The Labute approximate surface area is 152 Å². The first-order valence-corrected chi connectivity index (χ1v) is 8.68. The van der Waals surface area contributed by atoms with Gasteiger partial charge in [-0.15, -0.1) is 0 Å². The minimum atomic E-state index is -0.540. The zero-order chi connectivity index (χ0) is 19.0. The number of halogens is 1. The first-order chi connectivity index (χ1) is 13.0. The number of aromatic nitrogens is 3. The van der Waals surface area contributed by atoms with Crippen LogP contribution in [0.1, 0.15) is 34.8 Å². The molecule has 138 valence electrons. The van der Waals surface area contributed by atoms with E-state index in [1.165, 1.54) is 36.8 Å².